The highest BCUT2D eigenvalue weighted by molar-refractivity contribution is 5.67. The molecule has 2 saturated heterocycles. The molecule has 180 valence electrons. The van der Waals surface area contributed by atoms with Crippen LogP contribution < -0.4 is 4.74 Å². The third kappa shape index (κ3) is 5.87. The van der Waals surface area contributed by atoms with Crippen molar-refractivity contribution in [3.05, 3.63) is 77.4 Å². The average Bonchev–Trinajstić information content (AvgIpc) is 2.90. The molecular formula is C29H32N4O2. The van der Waals surface area contributed by atoms with Gasteiger partial charge in [-0.15, -0.1) is 0 Å². The Labute approximate surface area is 207 Å². The van der Waals surface area contributed by atoms with Crippen molar-refractivity contribution in [1.29, 1.82) is 5.26 Å². The Balaban J connectivity index is 1.31. The largest absolute Gasteiger partial charge is 0.489 e. The minimum absolute atomic E-state index is 0.104. The summed E-state index contributed by atoms with van der Waals surface area (Å²) < 4.78 is 11.5. The SMILES string of the molecule is CN1CCC(c2ccnc(Cc3cc(-c4ccc(OC5CCOCC5)c(C#N)c4)ccn3)c2)CC1. The van der Waals surface area contributed by atoms with Gasteiger partial charge in [0.1, 0.15) is 17.9 Å². The second kappa shape index (κ2) is 11.0. The first-order chi connectivity index (χ1) is 17.2. The van der Waals surface area contributed by atoms with Gasteiger partial charge in [0.15, 0.2) is 0 Å². The van der Waals surface area contributed by atoms with Crippen LogP contribution in [0.1, 0.15) is 54.1 Å². The summed E-state index contributed by atoms with van der Waals surface area (Å²) in [6.45, 7) is 3.71. The normalized spacial score (nSPS) is 17.7. The van der Waals surface area contributed by atoms with Crippen LogP contribution in [-0.4, -0.2) is 54.3 Å². The molecule has 0 radical (unpaired) electrons. The maximum absolute atomic E-state index is 9.74. The van der Waals surface area contributed by atoms with Crippen LogP contribution >= 0.6 is 0 Å². The van der Waals surface area contributed by atoms with Crippen molar-refractivity contribution >= 4 is 0 Å². The van der Waals surface area contributed by atoms with E-state index in [1.54, 1.807) is 0 Å². The fourth-order valence-electron chi connectivity index (χ4n) is 5.00. The molecule has 0 saturated carbocycles. The molecule has 6 nitrogen and oxygen atoms in total. The Kier molecular flexibility index (Phi) is 7.37. The Morgan fingerprint density at radius 1 is 0.943 bits per heavy atom. The van der Waals surface area contributed by atoms with Gasteiger partial charge in [0.05, 0.1) is 18.8 Å². The quantitative estimate of drug-likeness (QED) is 0.509. The lowest BCUT2D eigenvalue weighted by atomic mass is 9.89. The molecule has 2 fully saturated rings. The summed E-state index contributed by atoms with van der Waals surface area (Å²) in [6, 6.07) is 16.6. The maximum Gasteiger partial charge on any atom is 0.137 e. The number of likely N-dealkylation sites (tertiary alicyclic amines) is 1. The van der Waals surface area contributed by atoms with Crippen molar-refractivity contribution in [2.75, 3.05) is 33.4 Å². The van der Waals surface area contributed by atoms with E-state index in [1.165, 1.54) is 18.4 Å². The zero-order valence-electron chi connectivity index (χ0n) is 20.3. The first-order valence-corrected chi connectivity index (χ1v) is 12.5. The highest BCUT2D eigenvalue weighted by atomic mass is 16.5. The fourth-order valence-corrected chi connectivity index (χ4v) is 5.00. The molecule has 1 aromatic carbocycles. The molecule has 2 aliphatic heterocycles. The summed E-state index contributed by atoms with van der Waals surface area (Å²) in [6.07, 6.45) is 8.66. The number of aromatic nitrogens is 2. The Bertz CT molecular complexity index is 1190. The lowest BCUT2D eigenvalue weighted by Gasteiger charge is -2.29. The third-order valence-electron chi connectivity index (χ3n) is 7.10. The molecule has 0 atom stereocenters. The monoisotopic (exact) mass is 468 g/mol. The maximum atomic E-state index is 9.74. The van der Waals surface area contributed by atoms with Gasteiger partial charge in [0.25, 0.3) is 0 Å². The molecular weight excluding hydrogens is 436 g/mol. The summed E-state index contributed by atoms with van der Waals surface area (Å²) >= 11 is 0. The average molecular weight is 469 g/mol. The van der Waals surface area contributed by atoms with E-state index >= 15 is 0 Å². The summed E-state index contributed by atoms with van der Waals surface area (Å²) in [5.74, 6) is 1.26. The zero-order valence-corrected chi connectivity index (χ0v) is 20.3. The Morgan fingerprint density at radius 3 is 2.43 bits per heavy atom. The van der Waals surface area contributed by atoms with Crippen LogP contribution in [0.15, 0.2) is 54.9 Å². The molecule has 5 rings (SSSR count). The van der Waals surface area contributed by atoms with Gasteiger partial charge in [0, 0.05) is 43.0 Å². The number of piperidine rings is 1. The van der Waals surface area contributed by atoms with Crippen LogP contribution in [-0.2, 0) is 11.2 Å². The van der Waals surface area contributed by atoms with Crippen LogP contribution in [0.5, 0.6) is 5.75 Å². The Morgan fingerprint density at radius 2 is 1.66 bits per heavy atom. The molecule has 0 N–H and O–H groups in total. The van der Waals surface area contributed by atoms with Crippen LogP contribution in [0.3, 0.4) is 0 Å². The van der Waals surface area contributed by atoms with Gasteiger partial charge in [-0.3, -0.25) is 9.97 Å². The van der Waals surface area contributed by atoms with Crippen molar-refractivity contribution in [1.82, 2.24) is 14.9 Å². The minimum atomic E-state index is 0.104. The lowest BCUT2D eigenvalue weighted by molar-refractivity contribution is 0.0254. The first-order valence-electron chi connectivity index (χ1n) is 12.5. The molecule has 2 aliphatic rings. The van der Waals surface area contributed by atoms with Crippen LogP contribution in [0.25, 0.3) is 11.1 Å². The molecule has 0 amide bonds. The third-order valence-corrected chi connectivity index (χ3v) is 7.10. The van der Waals surface area contributed by atoms with Gasteiger partial charge < -0.3 is 14.4 Å². The number of pyridine rings is 2. The summed E-state index contributed by atoms with van der Waals surface area (Å²) in [7, 11) is 2.19. The molecule has 0 unspecified atom stereocenters. The number of hydrogen-bond acceptors (Lipinski definition) is 6. The highest BCUT2D eigenvalue weighted by Gasteiger charge is 2.19. The van der Waals surface area contributed by atoms with Gasteiger partial charge >= 0.3 is 0 Å². The molecule has 35 heavy (non-hydrogen) atoms. The number of nitrogens with zero attached hydrogens (tertiary/aromatic N) is 4. The van der Waals surface area contributed by atoms with Gasteiger partial charge in [0.2, 0.25) is 0 Å². The van der Waals surface area contributed by atoms with E-state index in [-0.39, 0.29) is 6.10 Å². The number of nitriles is 1. The number of hydrogen-bond donors (Lipinski definition) is 0. The van der Waals surface area contributed by atoms with Gasteiger partial charge in [-0.2, -0.15) is 5.26 Å². The molecule has 3 aromatic rings. The first kappa shape index (κ1) is 23.5. The predicted molar refractivity (Wildman–Crippen MR) is 135 cm³/mol. The van der Waals surface area contributed by atoms with Gasteiger partial charge in [-0.05, 0) is 92.0 Å². The van der Waals surface area contributed by atoms with Crippen molar-refractivity contribution in [3.8, 4) is 22.9 Å². The van der Waals surface area contributed by atoms with Crippen molar-refractivity contribution < 1.29 is 9.47 Å². The number of benzene rings is 1. The molecule has 4 heterocycles. The van der Waals surface area contributed by atoms with Gasteiger partial charge in [-0.25, -0.2) is 0 Å². The summed E-state index contributed by atoms with van der Waals surface area (Å²) in [4.78, 5) is 11.6. The molecule has 0 bridgehead atoms. The number of rotatable bonds is 6. The van der Waals surface area contributed by atoms with E-state index < -0.39 is 0 Å². The van der Waals surface area contributed by atoms with Crippen molar-refractivity contribution in [3.63, 3.8) is 0 Å². The van der Waals surface area contributed by atoms with E-state index in [2.05, 4.69) is 46.2 Å². The topological polar surface area (TPSA) is 71.3 Å². The van der Waals surface area contributed by atoms with Crippen LogP contribution in [0, 0.1) is 11.3 Å². The Hall–Kier alpha value is -3.27. The highest BCUT2D eigenvalue weighted by Crippen LogP contribution is 2.30. The standard InChI is InChI=1S/C29H32N4O2/c1-33-12-6-21(7-13-33)23-4-10-31-26(17-23)19-27-18-24(5-11-32-27)22-2-3-29(25(16-22)20-30)35-28-8-14-34-15-9-28/h2-5,10-11,16-18,21,28H,6-9,12-15,19H2,1H3. The van der Waals surface area contributed by atoms with Crippen LogP contribution in [0.4, 0.5) is 0 Å². The van der Waals surface area contributed by atoms with E-state index in [0.717, 1.165) is 48.4 Å². The summed E-state index contributed by atoms with van der Waals surface area (Å²) in [5.41, 5.74) is 5.98. The minimum Gasteiger partial charge on any atom is -0.489 e. The van der Waals surface area contributed by atoms with E-state index in [9.17, 15) is 5.26 Å². The smallest absolute Gasteiger partial charge is 0.137 e. The summed E-state index contributed by atoms with van der Waals surface area (Å²) in [5, 5.41) is 9.74. The van der Waals surface area contributed by atoms with Crippen molar-refractivity contribution in [2.24, 2.45) is 0 Å². The zero-order chi connectivity index (χ0) is 24.0. The molecule has 6 heteroatoms. The van der Waals surface area contributed by atoms with E-state index in [4.69, 9.17) is 9.47 Å². The van der Waals surface area contributed by atoms with Gasteiger partial charge in [-0.1, -0.05) is 6.07 Å². The fraction of sp³-hybridized carbons (Fsp3) is 0.414. The number of ether oxygens (including phenoxy) is 2. The molecule has 2 aromatic heterocycles. The van der Waals surface area contributed by atoms with Crippen LogP contribution in [0.2, 0.25) is 0 Å². The second-order valence-electron chi connectivity index (χ2n) is 9.62. The van der Waals surface area contributed by atoms with Crippen molar-refractivity contribution in [2.45, 2.75) is 44.1 Å². The predicted octanol–water partition coefficient (Wildman–Crippen LogP) is 4.97. The second-order valence-corrected chi connectivity index (χ2v) is 9.62. The van der Waals surface area contributed by atoms with E-state index in [0.29, 0.717) is 36.9 Å². The lowest BCUT2D eigenvalue weighted by Crippen LogP contribution is -2.29. The van der Waals surface area contributed by atoms with E-state index in [1.807, 2.05) is 36.7 Å². The molecule has 0 spiro atoms. The molecule has 0 aliphatic carbocycles.